The van der Waals surface area contributed by atoms with Gasteiger partial charge in [0.2, 0.25) is 0 Å². The van der Waals surface area contributed by atoms with Crippen LogP contribution >= 0.6 is 23.4 Å². The van der Waals surface area contributed by atoms with Gasteiger partial charge >= 0.3 is 5.97 Å². The Morgan fingerprint density at radius 3 is 2.61 bits per heavy atom. The van der Waals surface area contributed by atoms with E-state index in [4.69, 9.17) is 16.3 Å². The number of quaternary nitrogens is 1. The van der Waals surface area contributed by atoms with Crippen LogP contribution in [0.5, 0.6) is 0 Å². The first-order chi connectivity index (χ1) is 11.2. The minimum absolute atomic E-state index is 0.00548. The molecule has 0 saturated carbocycles. The number of nitrogens with one attached hydrogen (secondary N) is 1. The summed E-state index contributed by atoms with van der Waals surface area (Å²) in [7, 11) is 0. The summed E-state index contributed by atoms with van der Waals surface area (Å²) < 4.78 is 5.12. The fraction of sp³-hybridized carbons (Fsp3) is 0.611. The minimum Gasteiger partial charge on any atom is -0.466 e. The summed E-state index contributed by atoms with van der Waals surface area (Å²) in [5.41, 5.74) is 0. The lowest BCUT2D eigenvalue weighted by atomic mass is 9.97. The summed E-state index contributed by atoms with van der Waals surface area (Å²) in [6.45, 7) is 5.80. The fourth-order valence-corrected chi connectivity index (χ4v) is 4.01. The molecule has 5 heteroatoms. The van der Waals surface area contributed by atoms with Crippen LogP contribution in [0.15, 0.2) is 29.2 Å². The summed E-state index contributed by atoms with van der Waals surface area (Å²) >= 11 is 7.78. The number of ether oxygens (including phenoxy) is 1. The van der Waals surface area contributed by atoms with Gasteiger partial charge in [-0.05, 0) is 49.8 Å². The van der Waals surface area contributed by atoms with Gasteiger partial charge in [-0.3, -0.25) is 4.79 Å². The van der Waals surface area contributed by atoms with Crippen molar-refractivity contribution in [1.82, 2.24) is 0 Å². The molecule has 0 amide bonds. The number of likely N-dealkylation sites (tertiary alicyclic amines) is 1. The average molecular weight is 357 g/mol. The molecule has 1 fully saturated rings. The molecule has 1 saturated heterocycles. The molecule has 0 bridgehead atoms. The third kappa shape index (κ3) is 6.74. The lowest BCUT2D eigenvalue weighted by Crippen LogP contribution is -3.13. The normalized spacial score (nSPS) is 21.1. The van der Waals surface area contributed by atoms with Gasteiger partial charge in [0.05, 0.1) is 32.2 Å². The Hall–Kier alpha value is -0.710. The molecule has 0 aromatic heterocycles. The molecule has 23 heavy (non-hydrogen) atoms. The topological polar surface area (TPSA) is 30.7 Å². The van der Waals surface area contributed by atoms with Gasteiger partial charge in [0.15, 0.2) is 0 Å². The van der Waals surface area contributed by atoms with E-state index in [1.807, 2.05) is 30.8 Å². The number of benzene rings is 1. The van der Waals surface area contributed by atoms with E-state index in [9.17, 15) is 4.79 Å². The molecule has 1 aliphatic heterocycles. The zero-order valence-corrected chi connectivity index (χ0v) is 15.4. The smallest absolute Gasteiger partial charge is 0.309 e. The number of piperidine rings is 1. The van der Waals surface area contributed by atoms with Crippen LogP contribution in [-0.2, 0) is 9.53 Å². The number of carbonyl (C=O) groups excluding carboxylic acids is 1. The second kappa shape index (κ2) is 10.2. The molecule has 1 aliphatic rings. The van der Waals surface area contributed by atoms with E-state index in [-0.39, 0.29) is 11.9 Å². The van der Waals surface area contributed by atoms with Crippen molar-refractivity contribution in [2.75, 3.05) is 32.0 Å². The highest BCUT2D eigenvalue weighted by molar-refractivity contribution is 7.99. The summed E-state index contributed by atoms with van der Waals surface area (Å²) in [6.07, 6.45) is 4.44. The number of unbranched alkanes of at least 4 members (excludes halogenated alkanes) is 1. The molecule has 0 radical (unpaired) electrons. The van der Waals surface area contributed by atoms with E-state index >= 15 is 0 Å². The van der Waals surface area contributed by atoms with Gasteiger partial charge in [-0.25, -0.2) is 0 Å². The highest BCUT2D eigenvalue weighted by Crippen LogP contribution is 2.21. The highest BCUT2D eigenvalue weighted by Gasteiger charge is 2.27. The van der Waals surface area contributed by atoms with Crippen LogP contribution < -0.4 is 4.90 Å². The quantitative estimate of drug-likeness (QED) is 0.441. The van der Waals surface area contributed by atoms with Gasteiger partial charge < -0.3 is 9.64 Å². The van der Waals surface area contributed by atoms with Crippen LogP contribution in [0, 0.1) is 5.92 Å². The molecule has 0 atom stereocenters. The van der Waals surface area contributed by atoms with Gasteiger partial charge in [0.25, 0.3) is 0 Å². The minimum atomic E-state index is 0.00548. The van der Waals surface area contributed by atoms with Crippen molar-refractivity contribution in [3.8, 4) is 0 Å². The number of hydrogen-bond donors (Lipinski definition) is 1. The van der Waals surface area contributed by atoms with Crippen LogP contribution in [0.1, 0.15) is 32.6 Å². The zero-order valence-electron chi connectivity index (χ0n) is 13.9. The molecule has 2 rings (SSSR count). The Morgan fingerprint density at radius 1 is 1.26 bits per heavy atom. The average Bonchev–Trinajstić information content (AvgIpc) is 2.57. The predicted molar refractivity (Wildman–Crippen MR) is 96.3 cm³/mol. The first-order valence-corrected chi connectivity index (χ1v) is 9.94. The van der Waals surface area contributed by atoms with Crippen molar-refractivity contribution in [2.45, 2.75) is 37.5 Å². The maximum atomic E-state index is 11.7. The molecule has 1 N–H and O–H groups in total. The Kier molecular flexibility index (Phi) is 8.27. The van der Waals surface area contributed by atoms with E-state index in [1.54, 1.807) is 4.90 Å². The second-order valence-corrected chi connectivity index (χ2v) is 7.64. The molecular formula is C18H27ClNO2S+. The van der Waals surface area contributed by atoms with Crippen LogP contribution in [0.4, 0.5) is 0 Å². The number of esters is 1. The van der Waals surface area contributed by atoms with Crippen LogP contribution in [0.25, 0.3) is 0 Å². The molecule has 3 nitrogen and oxygen atoms in total. The standard InChI is InChI=1S/C18H26ClNO2S/c1-2-22-18(21)15-9-12-20(13-10-15)11-3-4-14-23-17-7-5-16(19)6-8-17/h5-8,15H,2-4,9-14H2,1H3/p+1. The Bertz CT molecular complexity index is 472. The first kappa shape index (κ1) is 18.6. The maximum Gasteiger partial charge on any atom is 0.309 e. The SMILES string of the molecule is CCOC(=O)C1CC[NH+](CCCCSc2ccc(Cl)cc2)CC1. The van der Waals surface area contributed by atoms with Gasteiger partial charge in [0.1, 0.15) is 0 Å². The second-order valence-electron chi connectivity index (χ2n) is 6.04. The monoisotopic (exact) mass is 356 g/mol. The molecule has 0 unspecified atom stereocenters. The Morgan fingerprint density at radius 2 is 1.96 bits per heavy atom. The molecular weight excluding hydrogens is 330 g/mol. The van der Waals surface area contributed by atoms with Gasteiger partial charge in [-0.1, -0.05) is 11.6 Å². The van der Waals surface area contributed by atoms with Crippen molar-refractivity contribution in [3.05, 3.63) is 29.3 Å². The molecule has 1 heterocycles. The summed E-state index contributed by atoms with van der Waals surface area (Å²) in [5, 5.41) is 0.796. The maximum absolute atomic E-state index is 11.7. The summed E-state index contributed by atoms with van der Waals surface area (Å²) in [6, 6.07) is 8.06. The molecule has 1 aromatic carbocycles. The van der Waals surface area contributed by atoms with Crippen molar-refractivity contribution >= 4 is 29.3 Å². The predicted octanol–water partition coefficient (Wildman–Crippen LogP) is 3.07. The van der Waals surface area contributed by atoms with Crippen LogP contribution in [0.3, 0.4) is 0 Å². The van der Waals surface area contributed by atoms with Crippen LogP contribution in [-0.4, -0.2) is 38.0 Å². The van der Waals surface area contributed by atoms with Crippen molar-refractivity contribution < 1.29 is 14.4 Å². The number of thioether (sulfide) groups is 1. The van der Waals surface area contributed by atoms with Gasteiger partial charge in [0, 0.05) is 22.8 Å². The Labute approximate surface area is 148 Å². The van der Waals surface area contributed by atoms with Crippen molar-refractivity contribution in [1.29, 1.82) is 0 Å². The van der Waals surface area contributed by atoms with E-state index < -0.39 is 0 Å². The molecule has 0 aliphatic carbocycles. The van der Waals surface area contributed by atoms with Crippen molar-refractivity contribution in [2.24, 2.45) is 5.92 Å². The van der Waals surface area contributed by atoms with E-state index in [0.29, 0.717) is 6.61 Å². The molecule has 0 spiro atoms. The first-order valence-electron chi connectivity index (χ1n) is 8.57. The highest BCUT2D eigenvalue weighted by atomic mass is 35.5. The van der Waals surface area contributed by atoms with E-state index in [1.165, 1.54) is 24.3 Å². The van der Waals surface area contributed by atoms with Crippen LogP contribution in [0.2, 0.25) is 5.02 Å². The lowest BCUT2D eigenvalue weighted by Gasteiger charge is -2.28. The van der Waals surface area contributed by atoms with E-state index in [0.717, 1.165) is 36.7 Å². The third-order valence-corrected chi connectivity index (χ3v) is 5.67. The molecule has 1 aromatic rings. The summed E-state index contributed by atoms with van der Waals surface area (Å²) in [4.78, 5) is 14.6. The number of rotatable bonds is 8. The lowest BCUT2D eigenvalue weighted by molar-refractivity contribution is -0.906. The third-order valence-electron chi connectivity index (χ3n) is 4.32. The van der Waals surface area contributed by atoms with Crippen molar-refractivity contribution in [3.63, 3.8) is 0 Å². The number of halogens is 1. The number of carbonyl (C=O) groups is 1. The van der Waals surface area contributed by atoms with Gasteiger partial charge in [-0.2, -0.15) is 0 Å². The fourth-order valence-electron chi connectivity index (χ4n) is 2.97. The van der Waals surface area contributed by atoms with E-state index in [2.05, 4.69) is 12.1 Å². The zero-order chi connectivity index (χ0) is 16.5. The number of hydrogen-bond acceptors (Lipinski definition) is 3. The van der Waals surface area contributed by atoms with Gasteiger partial charge in [-0.15, -0.1) is 11.8 Å². The molecule has 128 valence electrons. The Balaban J connectivity index is 1.54. The summed E-state index contributed by atoms with van der Waals surface area (Å²) in [5.74, 6) is 1.30. The largest absolute Gasteiger partial charge is 0.466 e.